The summed E-state index contributed by atoms with van der Waals surface area (Å²) in [5.74, 6) is 0.562. The van der Waals surface area contributed by atoms with Gasteiger partial charge in [-0.1, -0.05) is 0 Å². The van der Waals surface area contributed by atoms with E-state index in [9.17, 15) is 0 Å². The molecule has 0 unspecified atom stereocenters. The molecule has 0 bridgehead atoms. The second-order valence-electron chi connectivity index (χ2n) is 2.29. The number of hydrogen-bond acceptors (Lipinski definition) is 2. The van der Waals surface area contributed by atoms with E-state index in [2.05, 4.69) is 27.7 Å². The minimum absolute atomic E-state index is 0.562. The molecule has 0 aliphatic carbocycles. The highest BCUT2D eigenvalue weighted by Gasteiger charge is 1.96. The van der Waals surface area contributed by atoms with Crippen LogP contribution in [0.2, 0.25) is 0 Å². The molecule has 0 spiro atoms. The Bertz CT molecular complexity index is 393. The Morgan fingerprint density at radius 2 is 2.27 bits per heavy atom. The van der Waals surface area contributed by atoms with Crippen molar-refractivity contribution in [1.82, 2.24) is 9.61 Å². The Balaban J connectivity index is 2.82. The van der Waals surface area contributed by atoms with Crippen LogP contribution >= 0.6 is 22.6 Å². The summed E-state index contributed by atoms with van der Waals surface area (Å²) < 4.78 is 2.93. The van der Waals surface area contributed by atoms with Gasteiger partial charge in [0.2, 0.25) is 0 Å². The first-order valence-corrected chi connectivity index (χ1v) is 4.24. The van der Waals surface area contributed by atoms with Crippen LogP contribution in [0.15, 0.2) is 24.4 Å². The molecule has 0 radical (unpaired) electrons. The number of aromatic nitrogens is 2. The number of nitrogens with two attached hydrogens (primary N) is 1. The lowest BCUT2D eigenvalue weighted by atomic mass is 10.4. The predicted molar refractivity (Wildman–Crippen MR) is 52.3 cm³/mol. The van der Waals surface area contributed by atoms with Crippen LogP contribution in [0, 0.1) is 3.57 Å². The average Bonchev–Trinajstić information content (AvgIpc) is 2.27. The van der Waals surface area contributed by atoms with Crippen molar-refractivity contribution in [3.8, 4) is 0 Å². The molecule has 0 saturated carbocycles. The van der Waals surface area contributed by atoms with Gasteiger partial charge in [0.15, 0.2) is 0 Å². The molecule has 4 heteroatoms. The van der Waals surface area contributed by atoms with Gasteiger partial charge >= 0.3 is 0 Å². The van der Waals surface area contributed by atoms with Crippen molar-refractivity contribution < 1.29 is 0 Å². The van der Waals surface area contributed by atoms with E-state index in [-0.39, 0.29) is 0 Å². The maximum Gasteiger partial charge on any atom is 0.146 e. The minimum Gasteiger partial charge on any atom is -0.382 e. The topological polar surface area (TPSA) is 43.3 Å². The number of halogens is 1. The molecular weight excluding hydrogens is 253 g/mol. The lowest BCUT2D eigenvalue weighted by Gasteiger charge is -1.91. The molecule has 0 saturated heterocycles. The second kappa shape index (κ2) is 2.37. The van der Waals surface area contributed by atoms with Crippen LogP contribution in [-0.4, -0.2) is 9.61 Å². The van der Waals surface area contributed by atoms with Gasteiger partial charge < -0.3 is 5.73 Å². The molecule has 0 amide bonds. The van der Waals surface area contributed by atoms with Crippen molar-refractivity contribution >= 4 is 33.9 Å². The van der Waals surface area contributed by atoms with Crippen LogP contribution in [0.4, 0.5) is 5.82 Å². The molecule has 2 heterocycles. The van der Waals surface area contributed by atoms with E-state index in [0.29, 0.717) is 5.82 Å². The minimum atomic E-state index is 0.562. The number of fused-ring (bicyclic) bond motifs is 1. The fraction of sp³-hybridized carbons (Fsp3) is 0. The van der Waals surface area contributed by atoms with Gasteiger partial charge in [-0.2, -0.15) is 5.10 Å². The highest BCUT2D eigenvalue weighted by Crippen LogP contribution is 2.10. The Kier molecular flexibility index (Phi) is 1.49. The third-order valence-corrected chi connectivity index (χ3v) is 2.08. The Labute approximate surface area is 77.3 Å². The molecule has 2 aromatic rings. The van der Waals surface area contributed by atoms with Gasteiger partial charge in [-0.3, -0.25) is 0 Å². The van der Waals surface area contributed by atoms with Crippen molar-refractivity contribution in [3.63, 3.8) is 0 Å². The molecule has 11 heavy (non-hydrogen) atoms. The molecule has 56 valence electrons. The zero-order chi connectivity index (χ0) is 7.84. The second-order valence-corrected chi connectivity index (χ2v) is 3.53. The SMILES string of the molecule is Nc1cc2ccc(I)cn2n1. The predicted octanol–water partition coefficient (Wildman–Crippen LogP) is 1.52. The standard InChI is InChI=1S/C7H6IN3/c8-5-1-2-6-3-7(9)10-11(6)4-5/h1-4H,(H2,9,10). The van der Waals surface area contributed by atoms with Gasteiger partial charge in [0.05, 0.1) is 5.52 Å². The van der Waals surface area contributed by atoms with Crippen molar-refractivity contribution in [2.24, 2.45) is 0 Å². The molecule has 2 rings (SSSR count). The van der Waals surface area contributed by atoms with E-state index in [1.165, 1.54) is 0 Å². The van der Waals surface area contributed by atoms with Gasteiger partial charge in [-0.15, -0.1) is 0 Å². The highest BCUT2D eigenvalue weighted by molar-refractivity contribution is 14.1. The maximum atomic E-state index is 5.51. The van der Waals surface area contributed by atoms with Crippen LogP contribution in [0.25, 0.3) is 5.52 Å². The monoisotopic (exact) mass is 259 g/mol. The van der Waals surface area contributed by atoms with E-state index in [1.54, 1.807) is 4.52 Å². The van der Waals surface area contributed by atoms with Crippen molar-refractivity contribution in [3.05, 3.63) is 28.0 Å². The molecule has 0 aromatic carbocycles. The van der Waals surface area contributed by atoms with Gasteiger partial charge in [0.1, 0.15) is 5.82 Å². The highest BCUT2D eigenvalue weighted by atomic mass is 127. The van der Waals surface area contributed by atoms with Crippen LogP contribution in [0.3, 0.4) is 0 Å². The van der Waals surface area contributed by atoms with Gasteiger partial charge in [0, 0.05) is 15.8 Å². The Hall–Kier alpha value is -0.780. The molecule has 2 aromatic heterocycles. The molecule has 0 aliphatic rings. The molecule has 0 fully saturated rings. The van der Waals surface area contributed by atoms with Crippen LogP contribution in [0.5, 0.6) is 0 Å². The third-order valence-electron chi connectivity index (χ3n) is 1.44. The fourth-order valence-electron chi connectivity index (χ4n) is 0.981. The summed E-state index contributed by atoms with van der Waals surface area (Å²) in [6, 6.07) is 5.86. The largest absolute Gasteiger partial charge is 0.382 e. The first kappa shape index (κ1) is 6.90. The Morgan fingerprint density at radius 1 is 1.45 bits per heavy atom. The van der Waals surface area contributed by atoms with E-state index in [1.807, 2.05) is 24.4 Å². The molecule has 0 aliphatic heterocycles. The molecule has 0 atom stereocenters. The normalized spacial score (nSPS) is 10.6. The van der Waals surface area contributed by atoms with Gasteiger partial charge in [-0.05, 0) is 34.7 Å². The van der Waals surface area contributed by atoms with Crippen molar-refractivity contribution in [2.75, 3.05) is 5.73 Å². The lowest BCUT2D eigenvalue weighted by molar-refractivity contribution is 0.962. The van der Waals surface area contributed by atoms with Crippen molar-refractivity contribution in [1.29, 1.82) is 0 Å². The number of anilines is 1. The summed E-state index contributed by atoms with van der Waals surface area (Å²) in [7, 11) is 0. The quantitative estimate of drug-likeness (QED) is 0.729. The van der Waals surface area contributed by atoms with E-state index >= 15 is 0 Å². The summed E-state index contributed by atoms with van der Waals surface area (Å²) in [6.07, 6.45) is 1.94. The lowest BCUT2D eigenvalue weighted by Crippen LogP contribution is -1.89. The summed E-state index contributed by atoms with van der Waals surface area (Å²) in [4.78, 5) is 0. The first-order valence-electron chi connectivity index (χ1n) is 3.16. The summed E-state index contributed by atoms with van der Waals surface area (Å²) in [5.41, 5.74) is 6.54. The van der Waals surface area contributed by atoms with Crippen molar-refractivity contribution in [2.45, 2.75) is 0 Å². The van der Waals surface area contributed by atoms with Crippen LogP contribution in [0.1, 0.15) is 0 Å². The molecule has 2 N–H and O–H groups in total. The zero-order valence-electron chi connectivity index (χ0n) is 5.66. The molecule has 3 nitrogen and oxygen atoms in total. The van der Waals surface area contributed by atoms with Gasteiger partial charge in [0.25, 0.3) is 0 Å². The summed E-state index contributed by atoms with van der Waals surface area (Å²) >= 11 is 2.24. The number of nitrogens with zero attached hydrogens (tertiary/aromatic N) is 2. The molecular formula is C7H6IN3. The first-order chi connectivity index (χ1) is 5.25. The Morgan fingerprint density at radius 3 is 3.09 bits per heavy atom. The number of rotatable bonds is 0. The van der Waals surface area contributed by atoms with Gasteiger partial charge in [-0.25, -0.2) is 4.52 Å². The fourth-order valence-corrected chi connectivity index (χ4v) is 1.43. The summed E-state index contributed by atoms with van der Waals surface area (Å²) in [6.45, 7) is 0. The summed E-state index contributed by atoms with van der Waals surface area (Å²) in [5, 5.41) is 4.06. The number of pyridine rings is 1. The van der Waals surface area contributed by atoms with Crippen LogP contribution < -0.4 is 5.73 Å². The third kappa shape index (κ3) is 1.18. The van der Waals surface area contributed by atoms with E-state index in [0.717, 1.165) is 9.09 Å². The maximum absolute atomic E-state index is 5.51. The number of hydrogen-bond donors (Lipinski definition) is 1. The number of nitrogen functional groups attached to an aromatic ring is 1. The zero-order valence-corrected chi connectivity index (χ0v) is 7.82. The van der Waals surface area contributed by atoms with E-state index in [4.69, 9.17) is 5.73 Å². The van der Waals surface area contributed by atoms with E-state index < -0.39 is 0 Å². The average molecular weight is 259 g/mol. The van der Waals surface area contributed by atoms with Crippen LogP contribution in [-0.2, 0) is 0 Å². The smallest absolute Gasteiger partial charge is 0.146 e.